The Morgan fingerprint density at radius 2 is 2.35 bits per heavy atom. The molecule has 0 aliphatic rings. The summed E-state index contributed by atoms with van der Waals surface area (Å²) >= 11 is 0. The molecule has 1 heterocycles. The highest BCUT2D eigenvalue weighted by atomic mass is 16.5. The zero-order chi connectivity index (χ0) is 12.7. The van der Waals surface area contributed by atoms with E-state index >= 15 is 0 Å². The highest BCUT2D eigenvalue weighted by Crippen LogP contribution is 2.02. The van der Waals surface area contributed by atoms with Crippen molar-refractivity contribution in [2.24, 2.45) is 0 Å². The second-order valence-electron chi connectivity index (χ2n) is 3.21. The molecule has 0 aliphatic carbocycles. The number of carboxylic acids is 1. The number of ether oxygens (including phenoxy) is 1. The van der Waals surface area contributed by atoms with Crippen LogP contribution in [0, 0.1) is 0 Å². The number of nitrogens with zero attached hydrogens (tertiary/aromatic N) is 2. The maximum atomic E-state index is 11.1. The molecule has 0 atom stereocenters. The first-order valence-electron chi connectivity index (χ1n) is 5.21. The van der Waals surface area contributed by atoms with Crippen LogP contribution in [0.1, 0.15) is 19.2 Å². The van der Waals surface area contributed by atoms with Crippen molar-refractivity contribution < 1.29 is 19.4 Å². The first-order chi connectivity index (χ1) is 8.13. The number of aryl methyl sites for hydroxylation is 1. The normalized spacial score (nSPS) is 10.6. The van der Waals surface area contributed by atoms with Gasteiger partial charge in [0.15, 0.2) is 0 Å². The Hall–Kier alpha value is -2.11. The third kappa shape index (κ3) is 4.50. The lowest BCUT2D eigenvalue weighted by atomic mass is 10.4. The summed E-state index contributed by atoms with van der Waals surface area (Å²) in [6.07, 6.45) is 5.85. The van der Waals surface area contributed by atoms with Crippen LogP contribution in [0.5, 0.6) is 0 Å². The molecule has 0 amide bonds. The SMILES string of the molecule is CCOC(=O)CCn1ccnc1/C=C/C(=O)O. The number of esters is 1. The predicted molar refractivity (Wildman–Crippen MR) is 60.1 cm³/mol. The van der Waals surface area contributed by atoms with Crippen LogP contribution in [0.15, 0.2) is 18.5 Å². The molecule has 0 unspecified atom stereocenters. The number of carbonyl (C=O) groups excluding carboxylic acids is 1. The molecular formula is C11H14N2O4. The zero-order valence-electron chi connectivity index (χ0n) is 9.50. The van der Waals surface area contributed by atoms with Crippen LogP contribution in [0.2, 0.25) is 0 Å². The molecule has 0 radical (unpaired) electrons. The number of carbonyl (C=O) groups is 2. The van der Waals surface area contributed by atoms with Crippen molar-refractivity contribution in [1.82, 2.24) is 9.55 Å². The summed E-state index contributed by atoms with van der Waals surface area (Å²) in [5, 5.41) is 8.49. The average Bonchev–Trinajstić information content (AvgIpc) is 2.71. The van der Waals surface area contributed by atoms with Crippen molar-refractivity contribution in [3.63, 3.8) is 0 Å². The van der Waals surface area contributed by atoms with Gasteiger partial charge in [-0.15, -0.1) is 0 Å². The van der Waals surface area contributed by atoms with Crippen LogP contribution in [-0.4, -0.2) is 33.2 Å². The van der Waals surface area contributed by atoms with Gasteiger partial charge in [0.2, 0.25) is 0 Å². The fourth-order valence-electron chi connectivity index (χ4n) is 1.26. The lowest BCUT2D eigenvalue weighted by Crippen LogP contribution is -2.09. The van der Waals surface area contributed by atoms with Crippen molar-refractivity contribution in [2.75, 3.05) is 6.61 Å². The maximum Gasteiger partial charge on any atom is 0.328 e. The number of hydrogen-bond donors (Lipinski definition) is 1. The van der Waals surface area contributed by atoms with Crippen molar-refractivity contribution in [3.8, 4) is 0 Å². The van der Waals surface area contributed by atoms with Gasteiger partial charge in [0.25, 0.3) is 0 Å². The highest BCUT2D eigenvalue weighted by molar-refractivity contribution is 5.84. The van der Waals surface area contributed by atoms with E-state index in [1.807, 2.05) is 0 Å². The Labute approximate surface area is 98.5 Å². The van der Waals surface area contributed by atoms with Crippen molar-refractivity contribution >= 4 is 18.0 Å². The van der Waals surface area contributed by atoms with E-state index in [9.17, 15) is 9.59 Å². The summed E-state index contributed by atoms with van der Waals surface area (Å²) < 4.78 is 6.48. The molecule has 1 aromatic rings. The van der Waals surface area contributed by atoms with Gasteiger partial charge in [0, 0.05) is 25.0 Å². The molecular weight excluding hydrogens is 224 g/mol. The molecule has 0 spiro atoms. The smallest absolute Gasteiger partial charge is 0.328 e. The predicted octanol–water partition coefficient (Wildman–Crippen LogP) is 0.934. The summed E-state index contributed by atoms with van der Waals surface area (Å²) in [5.41, 5.74) is 0. The average molecular weight is 238 g/mol. The first-order valence-corrected chi connectivity index (χ1v) is 5.21. The van der Waals surface area contributed by atoms with E-state index < -0.39 is 5.97 Å². The molecule has 0 aliphatic heterocycles. The number of aromatic nitrogens is 2. The highest BCUT2D eigenvalue weighted by Gasteiger charge is 2.04. The van der Waals surface area contributed by atoms with E-state index in [4.69, 9.17) is 9.84 Å². The van der Waals surface area contributed by atoms with Crippen molar-refractivity contribution in [3.05, 3.63) is 24.3 Å². The summed E-state index contributed by atoms with van der Waals surface area (Å²) in [6.45, 7) is 2.52. The van der Waals surface area contributed by atoms with Gasteiger partial charge in [-0.05, 0) is 13.0 Å². The van der Waals surface area contributed by atoms with E-state index in [0.717, 1.165) is 6.08 Å². The van der Waals surface area contributed by atoms with Crippen LogP contribution in [0.25, 0.3) is 6.08 Å². The third-order valence-electron chi connectivity index (χ3n) is 1.98. The maximum absolute atomic E-state index is 11.1. The van der Waals surface area contributed by atoms with Gasteiger partial charge in [-0.3, -0.25) is 4.79 Å². The molecule has 6 nitrogen and oxygen atoms in total. The molecule has 6 heteroatoms. The standard InChI is InChI=1S/C11H14N2O4/c1-2-17-11(16)5-7-13-8-6-12-9(13)3-4-10(14)15/h3-4,6,8H,2,5,7H2,1H3,(H,14,15)/b4-3+. The van der Waals surface area contributed by atoms with E-state index in [2.05, 4.69) is 4.98 Å². The van der Waals surface area contributed by atoms with Crippen LogP contribution in [0.3, 0.4) is 0 Å². The number of hydrogen-bond acceptors (Lipinski definition) is 4. The van der Waals surface area contributed by atoms with Gasteiger partial charge >= 0.3 is 11.9 Å². The summed E-state index contributed by atoms with van der Waals surface area (Å²) in [7, 11) is 0. The van der Waals surface area contributed by atoms with Crippen LogP contribution >= 0.6 is 0 Å². The molecule has 0 aromatic carbocycles. The Kier molecular flexibility index (Phi) is 4.93. The van der Waals surface area contributed by atoms with Gasteiger partial charge in [0.05, 0.1) is 13.0 Å². The Balaban J connectivity index is 2.57. The molecule has 1 rings (SSSR count). The van der Waals surface area contributed by atoms with Gasteiger partial charge < -0.3 is 14.4 Å². The van der Waals surface area contributed by atoms with E-state index in [-0.39, 0.29) is 12.4 Å². The zero-order valence-corrected chi connectivity index (χ0v) is 9.50. The fourth-order valence-corrected chi connectivity index (χ4v) is 1.26. The topological polar surface area (TPSA) is 81.4 Å². The Bertz CT molecular complexity index is 423. The molecule has 0 saturated heterocycles. The second-order valence-corrected chi connectivity index (χ2v) is 3.21. The number of aliphatic carboxylic acids is 1. The molecule has 1 aromatic heterocycles. The first kappa shape index (κ1) is 13.0. The molecule has 0 fully saturated rings. The van der Waals surface area contributed by atoms with Crippen molar-refractivity contribution in [1.29, 1.82) is 0 Å². The minimum Gasteiger partial charge on any atom is -0.478 e. The van der Waals surface area contributed by atoms with Gasteiger partial charge in [-0.1, -0.05) is 0 Å². The molecule has 92 valence electrons. The van der Waals surface area contributed by atoms with Crippen LogP contribution in [0.4, 0.5) is 0 Å². The lowest BCUT2D eigenvalue weighted by Gasteiger charge is -2.04. The minimum absolute atomic E-state index is 0.234. The Morgan fingerprint density at radius 3 is 3.00 bits per heavy atom. The summed E-state index contributed by atoms with van der Waals surface area (Å²) in [5.74, 6) is -0.823. The third-order valence-corrected chi connectivity index (χ3v) is 1.98. The number of rotatable bonds is 6. The van der Waals surface area contributed by atoms with E-state index in [0.29, 0.717) is 19.0 Å². The largest absolute Gasteiger partial charge is 0.478 e. The number of carboxylic acid groups (broad SMARTS) is 1. The van der Waals surface area contributed by atoms with E-state index in [1.165, 1.54) is 6.08 Å². The molecule has 0 saturated carbocycles. The molecule has 17 heavy (non-hydrogen) atoms. The van der Waals surface area contributed by atoms with Gasteiger partial charge in [0.1, 0.15) is 5.82 Å². The quantitative estimate of drug-likeness (QED) is 0.589. The van der Waals surface area contributed by atoms with Crippen molar-refractivity contribution in [2.45, 2.75) is 19.9 Å². The lowest BCUT2D eigenvalue weighted by molar-refractivity contribution is -0.143. The molecule has 1 N–H and O–H groups in total. The van der Waals surface area contributed by atoms with E-state index in [1.54, 1.807) is 23.9 Å². The second kappa shape index (κ2) is 6.47. The Morgan fingerprint density at radius 1 is 1.59 bits per heavy atom. The summed E-state index contributed by atoms with van der Waals surface area (Å²) in [4.78, 5) is 25.5. The van der Waals surface area contributed by atoms with Crippen LogP contribution in [-0.2, 0) is 20.9 Å². The monoisotopic (exact) mass is 238 g/mol. The fraction of sp³-hybridized carbons (Fsp3) is 0.364. The van der Waals surface area contributed by atoms with Gasteiger partial charge in [-0.25, -0.2) is 9.78 Å². The molecule has 0 bridgehead atoms. The number of imidazole rings is 1. The van der Waals surface area contributed by atoms with Crippen LogP contribution < -0.4 is 0 Å². The van der Waals surface area contributed by atoms with Gasteiger partial charge in [-0.2, -0.15) is 0 Å². The minimum atomic E-state index is -1.04. The summed E-state index contributed by atoms with van der Waals surface area (Å²) in [6, 6.07) is 0.